The Hall–Kier alpha value is -2.91. The summed E-state index contributed by atoms with van der Waals surface area (Å²) in [5, 5.41) is 61.5. The van der Waals surface area contributed by atoms with Gasteiger partial charge in [0, 0.05) is 6.08 Å². The number of aliphatic hydroxyl groups is 5. The quantitative estimate of drug-likeness (QED) is 0.175. The van der Waals surface area contributed by atoms with Crippen LogP contribution in [0.4, 0.5) is 0 Å². The van der Waals surface area contributed by atoms with Crippen LogP contribution in [0.5, 0.6) is 5.75 Å². The van der Waals surface area contributed by atoms with Crippen LogP contribution in [-0.2, 0) is 35.1 Å². The molecule has 12 nitrogen and oxygen atoms in total. The van der Waals surface area contributed by atoms with E-state index in [0.717, 1.165) is 11.6 Å². The molecule has 0 unspecified atom stereocenters. The zero-order valence-electron chi connectivity index (χ0n) is 21.7. The number of carbonyl (C=O) groups is 1. The van der Waals surface area contributed by atoms with Crippen molar-refractivity contribution in [3.8, 4) is 5.75 Å². The fourth-order valence-electron chi connectivity index (χ4n) is 4.36. The van der Waals surface area contributed by atoms with Crippen LogP contribution in [0.2, 0.25) is 0 Å². The molecule has 0 aliphatic carbocycles. The molecule has 2 aliphatic rings. The highest BCUT2D eigenvalue weighted by Crippen LogP contribution is 2.27. The largest absolute Gasteiger partial charge is 0.508 e. The van der Waals surface area contributed by atoms with E-state index in [1.54, 1.807) is 12.1 Å². The molecular weight excluding hydrogens is 528 g/mol. The number of esters is 1. The zero-order valence-corrected chi connectivity index (χ0v) is 21.7. The van der Waals surface area contributed by atoms with Gasteiger partial charge in [-0.1, -0.05) is 42.5 Å². The standard InChI is InChI=1S/C28H34O12/c1-15-26(40-20(30)12-9-16-7-10-18(29)11-8-16)23(33)25(35)27(38-15)37-14-19-21(31)22(32)24(34)28(39-19)36-13-17-5-3-2-4-6-17/h2-12,15,19,21-29,31-35H,13-14H2,1H3/b12-9+/t15-,19+,21+,22-,23-,24+,25+,26-,27+,28+/m0/s1. The van der Waals surface area contributed by atoms with E-state index in [2.05, 4.69) is 0 Å². The molecule has 2 aromatic rings. The summed E-state index contributed by atoms with van der Waals surface area (Å²) in [6.45, 7) is 1.21. The maximum Gasteiger partial charge on any atom is 0.331 e. The Balaban J connectivity index is 1.30. The van der Waals surface area contributed by atoms with E-state index in [0.29, 0.717) is 5.56 Å². The summed E-state index contributed by atoms with van der Waals surface area (Å²) in [5.74, 6) is -0.705. The van der Waals surface area contributed by atoms with E-state index in [1.165, 1.54) is 25.1 Å². The predicted molar refractivity (Wildman–Crippen MR) is 137 cm³/mol. The molecule has 6 N–H and O–H groups in total. The topological polar surface area (TPSA) is 185 Å². The second-order valence-corrected chi connectivity index (χ2v) is 9.66. The smallest absolute Gasteiger partial charge is 0.331 e. The summed E-state index contributed by atoms with van der Waals surface area (Å²) >= 11 is 0. The normalized spacial score (nSPS) is 34.5. The number of hydrogen-bond acceptors (Lipinski definition) is 12. The summed E-state index contributed by atoms with van der Waals surface area (Å²) in [5.41, 5.74) is 1.44. The molecule has 2 aliphatic heterocycles. The van der Waals surface area contributed by atoms with Crippen molar-refractivity contribution in [3.63, 3.8) is 0 Å². The first kappa shape index (κ1) is 30.1. The first-order chi connectivity index (χ1) is 19.1. The van der Waals surface area contributed by atoms with Gasteiger partial charge in [0.15, 0.2) is 18.7 Å². The van der Waals surface area contributed by atoms with Crippen molar-refractivity contribution in [2.45, 2.75) is 74.9 Å². The van der Waals surface area contributed by atoms with Crippen molar-refractivity contribution in [3.05, 3.63) is 71.8 Å². The van der Waals surface area contributed by atoms with Crippen LogP contribution in [0.25, 0.3) is 6.08 Å². The molecule has 2 heterocycles. The molecule has 218 valence electrons. The third-order valence-electron chi connectivity index (χ3n) is 6.68. The fraction of sp³-hybridized carbons (Fsp3) is 0.464. The SMILES string of the molecule is C[C@@H]1O[C@@H](OC[C@H]2O[C@@H](OCc3ccccc3)[C@H](O)[C@@H](O)[C@@H]2O)[C@H](O)[C@H](O)[C@H]1OC(=O)/C=C/c1ccc(O)cc1. The molecule has 2 saturated heterocycles. The Morgan fingerprint density at radius 2 is 1.48 bits per heavy atom. The van der Waals surface area contributed by atoms with Crippen molar-refractivity contribution in [2.24, 2.45) is 0 Å². The maximum atomic E-state index is 12.3. The van der Waals surface area contributed by atoms with Crippen molar-refractivity contribution >= 4 is 12.0 Å². The zero-order chi connectivity index (χ0) is 28.8. The third kappa shape index (κ3) is 7.43. The molecule has 40 heavy (non-hydrogen) atoms. The molecule has 12 heteroatoms. The van der Waals surface area contributed by atoms with E-state index in [4.69, 9.17) is 23.7 Å². The molecule has 4 rings (SSSR count). The summed E-state index contributed by atoms with van der Waals surface area (Å²) < 4.78 is 27.7. The van der Waals surface area contributed by atoms with Gasteiger partial charge in [-0.05, 0) is 36.3 Å². The van der Waals surface area contributed by atoms with Gasteiger partial charge in [0.1, 0.15) is 42.4 Å². The van der Waals surface area contributed by atoms with Gasteiger partial charge >= 0.3 is 5.97 Å². The van der Waals surface area contributed by atoms with Crippen molar-refractivity contribution in [2.75, 3.05) is 6.61 Å². The number of benzene rings is 2. The number of phenols is 1. The van der Waals surface area contributed by atoms with Gasteiger partial charge in [0.05, 0.1) is 19.3 Å². The highest BCUT2D eigenvalue weighted by atomic mass is 16.7. The number of ether oxygens (including phenoxy) is 5. The summed E-state index contributed by atoms with van der Waals surface area (Å²) in [6, 6.07) is 15.2. The minimum absolute atomic E-state index is 0.0799. The monoisotopic (exact) mass is 562 g/mol. The Morgan fingerprint density at radius 3 is 2.17 bits per heavy atom. The first-order valence-electron chi connectivity index (χ1n) is 12.8. The van der Waals surface area contributed by atoms with E-state index in [1.807, 2.05) is 30.3 Å². The van der Waals surface area contributed by atoms with Gasteiger partial charge in [-0.15, -0.1) is 0 Å². The first-order valence-corrected chi connectivity index (χ1v) is 12.8. The van der Waals surface area contributed by atoms with E-state index >= 15 is 0 Å². The van der Waals surface area contributed by atoms with Crippen molar-refractivity contribution < 1.29 is 59.1 Å². The lowest BCUT2D eigenvalue weighted by atomic mass is 9.98. The van der Waals surface area contributed by atoms with Gasteiger partial charge in [-0.3, -0.25) is 0 Å². The minimum atomic E-state index is -1.63. The van der Waals surface area contributed by atoms with E-state index in [-0.39, 0.29) is 12.4 Å². The van der Waals surface area contributed by atoms with E-state index < -0.39 is 74.0 Å². The second-order valence-electron chi connectivity index (χ2n) is 9.66. The molecule has 2 fully saturated rings. The summed E-state index contributed by atoms with van der Waals surface area (Å²) in [4.78, 5) is 12.3. The highest BCUT2D eigenvalue weighted by molar-refractivity contribution is 5.87. The van der Waals surface area contributed by atoms with Crippen LogP contribution < -0.4 is 0 Å². The van der Waals surface area contributed by atoms with Crippen LogP contribution in [0, 0.1) is 0 Å². The van der Waals surface area contributed by atoms with Gasteiger partial charge in [-0.2, -0.15) is 0 Å². The third-order valence-corrected chi connectivity index (χ3v) is 6.68. The Kier molecular flexibility index (Phi) is 10.2. The molecule has 10 atom stereocenters. The van der Waals surface area contributed by atoms with Crippen LogP contribution in [0.15, 0.2) is 60.7 Å². The highest BCUT2D eigenvalue weighted by Gasteiger charge is 2.48. The lowest BCUT2D eigenvalue weighted by Crippen LogP contribution is -2.61. The number of phenolic OH excluding ortho intramolecular Hbond substituents is 1. The Labute approximate surface area is 230 Å². The predicted octanol–water partition coefficient (Wildman–Crippen LogP) is -0.175. The number of aliphatic hydroxyl groups excluding tert-OH is 5. The van der Waals surface area contributed by atoms with Crippen LogP contribution in [-0.4, -0.2) is 105 Å². The molecule has 0 aromatic heterocycles. The average molecular weight is 563 g/mol. The molecule has 0 radical (unpaired) electrons. The molecule has 0 amide bonds. The fourth-order valence-corrected chi connectivity index (χ4v) is 4.36. The van der Waals surface area contributed by atoms with Crippen LogP contribution in [0.1, 0.15) is 18.1 Å². The van der Waals surface area contributed by atoms with Crippen LogP contribution >= 0.6 is 0 Å². The molecule has 0 bridgehead atoms. The Morgan fingerprint density at radius 1 is 0.825 bits per heavy atom. The van der Waals surface area contributed by atoms with E-state index in [9.17, 15) is 35.4 Å². The second kappa shape index (κ2) is 13.6. The lowest BCUT2D eigenvalue weighted by molar-refractivity contribution is -0.329. The summed E-state index contributed by atoms with van der Waals surface area (Å²) in [7, 11) is 0. The molecule has 0 saturated carbocycles. The summed E-state index contributed by atoms with van der Waals surface area (Å²) in [6.07, 6.45) is -11.2. The number of carbonyl (C=O) groups excluding carboxylic acids is 1. The molecule has 0 spiro atoms. The minimum Gasteiger partial charge on any atom is -0.508 e. The van der Waals surface area contributed by atoms with Crippen molar-refractivity contribution in [1.82, 2.24) is 0 Å². The Bertz CT molecular complexity index is 1110. The van der Waals surface area contributed by atoms with Gasteiger partial charge in [0.25, 0.3) is 0 Å². The lowest BCUT2D eigenvalue weighted by Gasteiger charge is -2.43. The average Bonchev–Trinajstić information content (AvgIpc) is 2.95. The molecule has 2 aromatic carbocycles. The van der Waals surface area contributed by atoms with Crippen LogP contribution in [0.3, 0.4) is 0 Å². The van der Waals surface area contributed by atoms with Crippen molar-refractivity contribution in [1.29, 1.82) is 0 Å². The number of hydrogen-bond donors (Lipinski definition) is 6. The molecular formula is C28H34O12. The maximum absolute atomic E-state index is 12.3. The van der Waals surface area contributed by atoms with Gasteiger partial charge in [0.2, 0.25) is 0 Å². The van der Waals surface area contributed by atoms with Gasteiger partial charge in [-0.25, -0.2) is 4.79 Å². The van der Waals surface area contributed by atoms with Gasteiger partial charge < -0.3 is 54.3 Å². The number of rotatable bonds is 9. The number of aromatic hydroxyl groups is 1.